The molecule has 2 aliphatic rings. The number of hydrogen-bond donors (Lipinski definition) is 2. The van der Waals surface area contributed by atoms with Gasteiger partial charge in [0.2, 0.25) is 0 Å². The van der Waals surface area contributed by atoms with E-state index in [4.69, 9.17) is 9.47 Å². The molecule has 0 aromatic heterocycles. The van der Waals surface area contributed by atoms with Crippen LogP contribution in [-0.4, -0.2) is 30.8 Å². The van der Waals surface area contributed by atoms with Crippen molar-refractivity contribution < 1.29 is 14.3 Å². The third-order valence-corrected chi connectivity index (χ3v) is 3.97. The summed E-state index contributed by atoms with van der Waals surface area (Å²) >= 11 is 0. The molecule has 0 radical (unpaired) electrons. The van der Waals surface area contributed by atoms with E-state index in [0.717, 1.165) is 43.0 Å². The van der Waals surface area contributed by atoms with Crippen LogP contribution in [0.4, 0.5) is 5.69 Å². The number of ether oxygens (including phenoxy) is 2. The van der Waals surface area contributed by atoms with Crippen molar-refractivity contribution in [1.82, 2.24) is 5.32 Å². The number of carbonyl (C=O) groups is 1. The molecule has 1 atom stereocenters. The van der Waals surface area contributed by atoms with Crippen LogP contribution in [0.25, 0.3) is 0 Å². The van der Waals surface area contributed by atoms with Crippen LogP contribution in [0.5, 0.6) is 5.75 Å². The molecule has 1 unspecified atom stereocenters. The van der Waals surface area contributed by atoms with Crippen molar-refractivity contribution in [3.8, 4) is 5.75 Å². The zero-order valence-corrected chi connectivity index (χ0v) is 12.6. The third kappa shape index (κ3) is 3.54. The van der Waals surface area contributed by atoms with E-state index in [0.29, 0.717) is 6.04 Å². The van der Waals surface area contributed by atoms with E-state index in [1.54, 1.807) is 0 Å². The standard InChI is InChI=1S/C16H22N2O3/c1-16(2)8-12(5-6-21-16)17-9-11-3-4-14-13(7-11)18-15(19)10-20-14/h3-4,7,12,17H,5-6,8-10H2,1-2H3,(H,18,19). The minimum atomic E-state index is -0.0983. The lowest BCUT2D eigenvalue weighted by Gasteiger charge is -2.36. The van der Waals surface area contributed by atoms with Gasteiger partial charge in [0.05, 0.1) is 11.3 Å². The smallest absolute Gasteiger partial charge is 0.262 e. The fourth-order valence-corrected chi connectivity index (χ4v) is 2.91. The average molecular weight is 290 g/mol. The van der Waals surface area contributed by atoms with Crippen LogP contribution in [0.3, 0.4) is 0 Å². The summed E-state index contributed by atoms with van der Waals surface area (Å²) < 4.78 is 11.1. The van der Waals surface area contributed by atoms with Crippen LogP contribution in [0, 0.1) is 0 Å². The highest BCUT2D eigenvalue weighted by Crippen LogP contribution is 2.29. The highest BCUT2D eigenvalue weighted by Gasteiger charge is 2.28. The number of fused-ring (bicyclic) bond motifs is 1. The van der Waals surface area contributed by atoms with E-state index in [1.165, 1.54) is 0 Å². The Morgan fingerprint density at radius 1 is 1.43 bits per heavy atom. The summed E-state index contributed by atoms with van der Waals surface area (Å²) in [4.78, 5) is 11.3. The van der Waals surface area contributed by atoms with E-state index in [-0.39, 0.29) is 18.1 Å². The second kappa shape index (κ2) is 5.66. The average Bonchev–Trinajstić information content (AvgIpc) is 2.43. The van der Waals surface area contributed by atoms with Gasteiger partial charge in [-0.25, -0.2) is 0 Å². The number of hydrogen-bond acceptors (Lipinski definition) is 4. The number of rotatable bonds is 3. The highest BCUT2D eigenvalue weighted by molar-refractivity contribution is 5.95. The van der Waals surface area contributed by atoms with Gasteiger partial charge < -0.3 is 20.1 Å². The second-order valence-corrected chi connectivity index (χ2v) is 6.35. The first kappa shape index (κ1) is 14.4. The molecule has 2 aliphatic heterocycles. The maximum absolute atomic E-state index is 11.3. The molecule has 0 aliphatic carbocycles. The molecule has 1 fully saturated rings. The van der Waals surface area contributed by atoms with Crippen molar-refractivity contribution in [3.05, 3.63) is 23.8 Å². The molecule has 5 heteroatoms. The fraction of sp³-hybridized carbons (Fsp3) is 0.562. The Morgan fingerprint density at radius 2 is 2.29 bits per heavy atom. The fourth-order valence-electron chi connectivity index (χ4n) is 2.91. The SMILES string of the molecule is CC1(C)CC(NCc2ccc3c(c2)NC(=O)CO3)CCO1. The van der Waals surface area contributed by atoms with Crippen LogP contribution in [0.1, 0.15) is 32.3 Å². The molecule has 0 bridgehead atoms. The van der Waals surface area contributed by atoms with Crippen LogP contribution < -0.4 is 15.4 Å². The minimum Gasteiger partial charge on any atom is -0.482 e. The molecular weight excluding hydrogens is 268 g/mol. The van der Waals surface area contributed by atoms with Gasteiger partial charge in [0.15, 0.2) is 6.61 Å². The van der Waals surface area contributed by atoms with Crippen LogP contribution in [0.2, 0.25) is 0 Å². The molecule has 1 aromatic rings. The quantitative estimate of drug-likeness (QED) is 0.894. The summed E-state index contributed by atoms with van der Waals surface area (Å²) in [6.45, 7) is 5.95. The van der Waals surface area contributed by atoms with Gasteiger partial charge in [-0.1, -0.05) is 6.07 Å². The topological polar surface area (TPSA) is 59.6 Å². The number of nitrogens with one attached hydrogen (secondary N) is 2. The first-order valence-corrected chi connectivity index (χ1v) is 7.45. The lowest BCUT2D eigenvalue weighted by molar-refractivity contribution is -0.118. The first-order chi connectivity index (χ1) is 10.0. The van der Waals surface area contributed by atoms with E-state index >= 15 is 0 Å². The highest BCUT2D eigenvalue weighted by atomic mass is 16.5. The van der Waals surface area contributed by atoms with Gasteiger partial charge in [0.1, 0.15) is 5.75 Å². The van der Waals surface area contributed by atoms with E-state index < -0.39 is 0 Å². The molecule has 1 amide bonds. The van der Waals surface area contributed by atoms with Gasteiger partial charge in [-0.15, -0.1) is 0 Å². The zero-order valence-electron chi connectivity index (χ0n) is 12.6. The molecule has 114 valence electrons. The van der Waals surface area contributed by atoms with Crippen molar-refractivity contribution in [3.63, 3.8) is 0 Å². The normalized spacial score (nSPS) is 23.9. The third-order valence-electron chi connectivity index (χ3n) is 3.97. The van der Waals surface area contributed by atoms with Crippen molar-refractivity contribution >= 4 is 11.6 Å². The van der Waals surface area contributed by atoms with Gasteiger partial charge in [-0.3, -0.25) is 4.79 Å². The van der Waals surface area contributed by atoms with Gasteiger partial charge >= 0.3 is 0 Å². The van der Waals surface area contributed by atoms with Gasteiger partial charge in [-0.2, -0.15) is 0 Å². The Morgan fingerprint density at radius 3 is 3.10 bits per heavy atom. The maximum atomic E-state index is 11.3. The molecule has 5 nitrogen and oxygen atoms in total. The summed E-state index contributed by atoms with van der Waals surface area (Å²) in [5.74, 6) is 0.643. The summed E-state index contributed by atoms with van der Waals surface area (Å²) in [6.07, 6.45) is 2.05. The lowest BCUT2D eigenvalue weighted by atomic mass is 9.94. The van der Waals surface area contributed by atoms with Crippen LogP contribution in [-0.2, 0) is 16.1 Å². The molecule has 0 saturated carbocycles. The first-order valence-electron chi connectivity index (χ1n) is 7.45. The van der Waals surface area contributed by atoms with Crippen LogP contribution in [0.15, 0.2) is 18.2 Å². The number of amides is 1. The molecule has 2 N–H and O–H groups in total. The van der Waals surface area contributed by atoms with Crippen molar-refractivity contribution in [2.75, 3.05) is 18.5 Å². The predicted molar refractivity (Wildman–Crippen MR) is 80.5 cm³/mol. The second-order valence-electron chi connectivity index (χ2n) is 6.35. The molecule has 3 rings (SSSR count). The van der Waals surface area contributed by atoms with E-state index in [9.17, 15) is 4.79 Å². The maximum Gasteiger partial charge on any atom is 0.262 e. The Labute approximate surface area is 125 Å². The number of anilines is 1. The Kier molecular flexibility index (Phi) is 3.87. The molecule has 1 saturated heterocycles. The Hall–Kier alpha value is -1.59. The largest absolute Gasteiger partial charge is 0.482 e. The molecule has 2 heterocycles. The monoisotopic (exact) mass is 290 g/mol. The number of carbonyl (C=O) groups excluding carboxylic acids is 1. The minimum absolute atomic E-state index is 0.0480. The molecule has 0 spiro atoms. The van der Waals surface area contributed by atoms with Crippen molar-refractivity contribution in [2.24, 2.45) is 0 Å². The lowest BCUT2D eigenvalue weighted by Crippen LogP contribution is -2.43. The van der Waals surface area contributed by atoms with Gasteiger partial charge in [0, 0.05) is 19.2 Å². The van der Waals surface area contributed by atoms with E-state index in [1.807, 2.05) is 18.2 Å². The summed E-state index contributed by atoms with van der Waals surface area (Å²) in [5, 5.41) is 6.42. The zero-order chi connectivity index (χ0) is 14.9. The Bertz CT molecular complexity index is 542. The predicted octanol–water partition coefficient (Wildman–Crippen LogP) is 2.06. The van der Waals surface area contributed by atoms with E-state index in [2.05, 4.69) is 24.5 Å². The van der Waals surface area contributed by atoms with Gasteiger partial charge in [0.25, 0.3) is 5.91 Å². The van der Waals surface area contributed by atoms with Crippen molar-refractivity contribution in [1.29, 1.82) is 0 Å². The number of benzene rings is 1. The molecule has 21 heavy (non-hydrogen) atoms. The van der Waals surface area contributed by atoms with Crippen LogP contribution >= 0.6 is 0 Å². The Balaban J connectivity index is 1.61. The molecular formula is C16H22N2O3. The summed E-state index contributed by atoms with van der Waals surface area (Å²) in [6, 6.07) is 6.40. The summed E-state index contributed by atoms with van der Waals surface area (Å²) in [5.41, 5.74) is 1.86. The van der Waals surface area contributed by atoms with Crippen molar-refractivity contribution in [2.45, 2.75) is 44.9 Å². The molecule has 1 aromatic carbocycles. The van der Waals surface area contributed by atoms with Gasteiger partial charge in [-0.05, 0) is 44.4 Å². The summed E-state index contributed by atoms with van der Waals surface area (Å²) in [7, 11) is 0.